The number of nitro groups is 1. The molecule has 0 saturated carbocycles. The van der Waals surface area contributed by atoms with Crippen LogP contribution in [0.3, 0.4) is 0 Å². The molecular formula is C19H21N3O5. The van der Waals surface area contributed by atoms with E-state index < -0.39 is 10.8 Å². The Kier molecular flexibility index (Phi) is 6.87. The molecule has 2 N–H and O–H groups in total. The van der Waals surface area contributed by atoms with Crippen molar-refractivity contribution in [1.82, 2.24) is 5.43 Å². The number of ether oxygens (including phenoxy) is 1. The topological polar surface area (TPSA) is 114 Å². The fourth-order valence-electron chi connectivity index (χ4n) is 2.24. The fourth-order valence-corrected chi connectivity index (χ4v) is 2.24. The lowest BCUT2D eigenvalue weighted by Crippen LogP contribution is -2.24. The number of amides is 1. The summed E-state index contributed by atoms with van der Waals surface area (Å²) in [7, 11) is 0. The maximum Gasteiger partial charge on any atom is 0.277 e. The van der Waals surface area contributed by atoms with Crippen LogP contribution in [0.1, 0.15) is 37.3 Å². The molecular weight excluding hydrogens is 350 g/mol. The van der Waals surface area contributed by atoms with Crippen LogP contribution in [0.15, 0.2) is 47.6 Å². The van der Waals surface area contributed by atoms with Crippen LogP contribution in [0, 0.1) is 10.1 Å². The Hall–Kier alpha value is -3.42. The van der Waals surface area contributed by atoms with Crippen molar-refractivity contribution < 1.29 is 19.6 Å². The molecule has 0 fully saturated rings. The largest absolute Gasteiger partial charge is 0.507 e. The third kappa shape index (κ3) is 5.81. The molecule has 0 unspecified atom stereocenters. The Labute approximate surface area is 156 Å². The molecule has 0 aliphatic rings. The Morgan fingerprint density at radius 2 is 2.04 bits per heavy atom. The molecule has 1 atom stereocenters. The van der Waals surface area contributed by atoms with Crippen molar-refractivity contribution in [3.63, 3.8) is 0 Å². The van der Waals surface area contributed by atoms with Gasteiger partial charge in [0.05, 0.1) is 11.1 Å². The zero-order chi connectivity index (χ0) is 19.8. The van der Waals surface area contributed by atoms with Gasteiger partial charge in [-0.2, -0.15) is 5.10 Å². The number of carbonyl (C=O) groups is 1. The second-order valence-corrected chi connectivity index (χ2v) is 5.96. The number of carbonyl (C=O) groups excluding carboxylic acids is 1. The highest BCUT2D eigenvalue weighted by Gasteiger charge is 2.09. The first-order chi connectivity index (χ1) is 12.9. The highest BCUT2D eigenvalue weighted by molar-refractivity contribution is 5.86. The van der Waals surface area contributed by atoms with Crippen LogP contribution >= 0.6 is 0 Å². The molecule has 0 spiro atoms. The molecule has 27 heavy (non-hydrogen) atoms. The first-order valence-electron chi connectivity index (χ1n) is 8.42. The van der Waals surface area contributed by atoms with E-state index in [-0.39, 0.29) is 23.6 Å². The summed E-state index contributed by atoms with van der Waals surface area (Å²) >= 11 is 0. The van der Waals surface area contributed by atoms with Crippen molar-refractivity contribution in [3.05, 3.63) is 63.7 Å². The molecule has 2 aromatic carbocycles. The van der Waals surface area contributed by atoms with Crippen LogP contribution in [0.5, 0.6) is 11.5 Å². The van der Waals surface area contributed by atoms with Gasteiger partial charge in [0.25, 0.3) is 11.6 Å². The number of rotatable bonds is 8. The minimum absolute atomic E-state index is 0.117. The number of nitrogens with one attached hydrogen (secondary N) is 1. The van der Waals surface area contributed by atoms with Gasteiger partial charge in [0, 0.05) is 17.7 Å². The maximum atomic E-state index is 11.8. The van der Waals surface area contributed by atoms with E-state index in [1.807, 2.05) is 12.1 Å². The number of nitro benzene ring substituents is 1. The Morgan fingerprint density at radius 3 is 2.67 bits per heavy atom. The zero-order valence-electron chi connectivity index (χ0n) is 15.1. The first-order valence-corrected chi connectivity index (χ1v) is 8.42. The van der Waals surface area contributed by atoms with E-state index in [1.54, 1.807) is 12.1 Å². The standard InChI is InChI=1S/C19H21N3O5/c1-3-13(2)14-4-7-17(8-5-14)27-12-19(24)21-20-11-15-10-16(22(25)26)6-9-18(15)23/h4-11,13,23H,3,12H2,1-2H3,(H,21,24)/b20-11-/t13-/m0/s1. The molecule has 0 heterocycles. The van der Waals surface area contributed by atoms with E-state index in [0.29, 0.717) is 11.7 Å². The summed E-state index contributed by atoms with van der Waals surface area (Å²) in [5, 5.41) is 24.1. The lowest BCUT2D eigenvalue weighted by Gasteiger charge is -2.10. The molecule has 0 radical (unpaired) electrons. The molecule has 2 aromatic rings. The van der Waals surface area contributed by atoms with Gasteiger partial charge in [-0.25, -0.2) is 5.43 Å². The summed E-state index contributed by atoms with van der Waals surface area (Å²) in [5.41, 5.74) is 3.37. The smallest absolute Gasteiger partial charge is 0.277 e. The number of hydrogen-bond acceptors (Lipinski definition) is 6. The van der Waals surface area contributed by atoms with Crippen LogP contribution < -0.4 is 10.2 Å². The van der Waals surface area contributed by atoms with Crippen molar-refractivity contribution in [2.45, 2.75) is 26.2 Å². The van der Waals surface area contributed by atoms with Crippen molar-refractivity contribution in [1.29, 1.82) is 0 Å². The van der Waals surface area contributed by atoms with Crippen molar-refractivity contribution in [3.8, 4) is 11.5 Å². The Balaban J connectivity index is 1.87. The minimum Gasteiger partial charge on any atom is -0.507 e. The van der Waals surface area contributed by atoms with Crippen LogP contribution in [0.25, 0.3) is 0 Å². The molecule has 142 valence electrons. The summed E-state index contributed by atoms with van der Waals surface area (Å²) in [6.07, 6.45) is 2.17. The van der Waals surface area contributed by atoms with Crippen molar-refractivity contribution >= 4 is 17.8 Å². The van der Waals surface area contributed by atoms with Gasteiger partial charge in [0.15, 0.2) is 6.61 Å². The van der Waals surface area contributed by atoms with Crippen LogP contribution in [-0.2, 0) is 4.79 Å². The van der Waals surface area contributed by atoms with Crippen molar-refractivity contribution in [2.75, 3.05) is 6.61 Å². The zero-order valence-corrected chi connectivity index (χ0v) is 15.1. The second-order valence-electron chi connectivity index (χ2n) is 5.96. The third-order valence-corrected chi connectivity index (χ3v) is 4.05. The maximum absolute atomic E-state index is 11.8. The summed E-state index contributed by atoms with van der Waals surface area (Å²) in [4.78, 5) is 21.9. The fraction of sp³-hybridized carbons (Fsp3) is 0.263. The van der Waals surface area contributed by atoms with Crippen molar-refractivity contribution in [2.24, 2.45) is 5.10 Å². The van der Waals surface area contributed by atoms with E-state index in [4.69, 9.17) is 4.74 Å². The normalized spacial score (nSPS) is 11.9. The average molecular weight is 371 g/mol. The minimum atomic E-state index is -0.588. The average Bonchev–Trinajstić information content (AvgIpc) is 2.67. The molecule has 0 aliphatic heterocycles. The predicted molar refractivity (Wildman–Crippen MR) is 101 cm³/mol. The Bertz CT molecular complexity index is 834. The highest BCUT2D eigenvalue weighted by Crippen LogP contribution is 2.22. The molecule has 1 amide bonds. The highest BCUT2D eigenvalue weighted by atomic mass is 16.6. The monoisotopic (exact) mass is 371 g/mol. The molecule has 0 aromatic heterocycles. The predicted octanol–water partition coefficient (Wildman–Crippen LogP) is 3.34. The number of hydrazone groups is 1. The number of phenolic OH excluding ortho intramolecular Hbond substituents is 1. The number of benzene rings is 2. The third-order valence-electron chi connectivity index (χ3n) is 4.05. The van der Waals surface area contributed by atoms with Gasteiger partial charge < -0.3 is 9.84 Å². The molecule has 2 rings (SSSR count). The summed E-state index contributed by atoms with van der Waals surface area (Å²) in [5.74, 6) is 0.345. The first kappa shape index (κ1) is 19.9. The SMILES string of the molecule is CC[C@H](C)c1ccc(OCC(=O)N/N=C\c2cc([N+](=O)[O-])ccc2O)cc1. The van der Waals surface area contributed by atoms with Gasteiger partial charge in [-0.05, 0) is 36.1 Å². The van der Waals surface area contributed by atoms with E-state index in [9.17, 15) is 20.0 Å². The number of phenols is 1. The van der Waals surface area contributed by atoms with E-state index >= 15 is 0 Å². The van der Waals surface area contributed by atoms with Crippen LogP contribution in [0.2, 0.25) is 0 Å². The van der Waals surface area contributed by atoms with Gasteiger partial charge >= 0.3 is 0 Å². The number of aromatic hydroxyl groups is 1. The molecule has 0 aliphatic carbocycles. The van der Waals surface area contributed by atoms with Gasteiger partial charge in [-0.15, -0.1) is 0 Å². The number of nitrogens with zero attached hydrogens (tertiary/aromatic N) is 2. The quantitative estimate of drug-likeness (QED) is 0.420. The van der Waals surface area contributed by atoms with E-state index in [1.165, 1.54) is 17.7 Å². The van der Waals surface area contributed by atoms with E-state index in [0.717, 1.165) is 18.7 Å². The Morgan fingerprint density at radius 1 is 1.33 bits per heavy atom. The number of non-ortho nitro benzene ring substituents is 1. The number of hydrogen-bond donors (Lipinski definition) is 2. The summed E-state index contributed by atoms with van der Waals surface area (Å²) in [6.45, 7) is 4.02. The van der Waals surface area contributed by atoms with E-state index in [2.05, 4.69) is 24.4 Å². The molecule has 0 saturated heterocycles. The van der Waals surface area contributed by atoms with Crippen LogP contribution in [-0.4, -0.2) is 28.8 Å². The molecule has 8 nitrogen and oxygen atoms in total. The molecule has 0 bridgehead atoms. The lowest BCUT2D eigenvalue weighted by molar-refractivity contribution is -0.384. The van der Waals surface area contributed by atoms with Gasteiger partial charge in [0.1, 0.15) is 11.5 Å². The summed E-state index contributed by atoms with van der Waals surface area (Å²) < 4.78 is 5.39. The van der Waals surface area contributed by atoms with Gasteiger partial charge in [0.2, 0.25) is 0 Å². The van der Waals surface area contributed by atoms with Gasteiger partial charge in [-0.1, -0.05) is 26.0 Å². The van der Waals surface area contributed by atoms with Gasteiger partial charge in [-0.3, -0.25) is 14.9 Å². The summed E-state index contributed by atoms with van der Waals surface area (Å²) in [6, 6.07) is 11.0. The van der Waals surface area contributed by atoms with Crippen LogP contribution in [0.4, 0.5) is 5.69 Å². The molecule has 8 heteroatoms. The second kappa shape index (κ2) is 9.33. The lowest BCUT2D eigenvalue weighted by atomic mass is 9.99.